The van der Waals surface area contributed by atoms with Crippen LogP contribution < -0.4 is 0 Å². The topological polar surface area (TPSA) is 57.8 Å². The van der Waals surface area contributed by atoms with Crippen molar-refractivity contribution in [1.82, 2.24) is 4.98 Å². The van der Waals surface area contributed by atoms with Gasteiger partial charge in [0.2, 0.25) is 5.13 Å². The third-order valence-corrected chi connectivity index (χ3v) is 3.40. The predicted molar refractivity (Wildman–Crippen MR) is 79.8 cm³/mol. The maximum absolute atomic E-state index is 9.84. The molecule has 0 saturated heterocycles. The smallest absolute Gasteiger partial charge is 0.229 e. The van der Waals surface area contributed by atoms with E-state index in [1.165, 1.54) is 11.3 Å². The van der Waals surface area contributed by atoms with E-state index in [4.69, 9.17) is 0 Å². The van der Waals surface area contributed by atoms with Crippen molar-refractivity contribution >= 4 is 22.2 Å². The number of aromatic hydroxyl groups is 1. The van der Waals surface area contributed by atoms with Crippen LogP contribution in [-0.2, 0) is 0 Å². The van der Waals surface area contributed by atoms with Gasteiger partial charge in [-0.05, 0) is 23.3 Å². The zero-order valence-electron chi connectivity index (χ0n) is 10.5. The summed E-state index contributed by atoms with van der Waals surface area (Å²) < 4.78 is 0. The van der Waals surface area contributed by atoms with E-state index in [-0.39, 0.29) is 5.75 Å². The molecule has 0 unspecified atom stereocenters. The number of hydrogen-bond donors (Lipinski definition) is 1. The first kappa shape index (κ1) is 12.5. The van der Waals surface area contributed by atoms with Crippen molar-refractivity contribution in [2.75, 3.05) is 0 Å². The lowest BCUT2D eigenvalue weighted by Crippen LogP contribution is -1.77. The maximum atomic E-state index is 9.84. The van der Waals surface area contributed by atoms with Crippen LogP contribution in [0.15, 0.2) is 70.3 Å². The zero-order valence-corrected chi connectivity index (χ0v) is 11.3. The number of phenols is 1. The summed E-state index contributed by atoms with van der Waals surface area (Å²) in [5.74, 6) is 0.102. The molecule has 1 heterocycles. The summed E-state index contributed by atoms with van der Waals surface area (Å²) in [6.07, 6.45) is 1.67. The summed E-state index contributed by atoms with van der Waals surface area (Å²) in [6, 6.07) is 15.2. The van der Waals surface area contributed by atoms with Crippen molar-refractivity contribution < 1.29 is 5.11 Å². The molecule has 0 aliphatic carbocycles. The van der Waals surface area contributed by atoms with Gasteiger partial charge in [-0.25, -0.2) is 4.98 Å². The molecule has 0 atom stereocenters. The fourth-order valence-electron chi connectivity index (χ4n) is 1.78. The average Bonchev–Trinajstić information content (AvgIpc) is 3.01. The van der Waals surface area contributed by atoms with Crippen LogP contribution in [0.25, 0.3) is 11.1 Å². The minimum Gasteiger partial charge on any atom is -0.506 e. The van der Waals surface area contributed by atoms with Crippen LogP contribution in [0.3, 0.4) is 0 Å². The highest BCUT2D eigenvalue weighted by atomic mass is 32.1. The van der Waals surface area contributed by atoms with Gasteiger partial charge in [0.05, 0.1) is 0 Å². The van der Waals surface area contributed by atoms with Crippen LogP contribution in [0.1, 0.15) is 0 Å². The van der Waals surface area contributed by atoms with Crippen molar-refractivity contribution in [1.29, 1.82) is 0 Å². The van der Waals surface area contributed by atoms with E-state index in [1.54, 1.807) is 12.3 Å². The molecule has 0 aliphatic heterocycles. The second-order valence-electron chi connectivity index (χ2n) is 4.08. The van der Waals surface area contributed by atoms with Crippen LogP contribution in [0, 0.1) is 0 Å². The number of azo groups is 1. The van der Waals surface area contributed by atoms with Crippen molar-refractivity contribution in [2.24, 2.45) is 10.2 Å². The average molecular weight is 281 g/mol. The van der Waals surface area contributed by atoms with Crippen LogP contribution in [0.4, 0.5) is 10.8 Å². The van der Waals surface area contributed by atoms with Crippen molar-refractivity contribution in [3.63, 3.8) is 0 Å². The van der Waals surface area contributed by atoms with E-state index >= 15 is 0 Å². The van der Waals surface area contributed by atoms with Gasteiger partial charge in [-0.15, -0.1) is 21.6 Å². The van der Waals surface area contributed by atoms with Crippen LogP contribution in [-0.4, -0.2) is 10.1 Å². The lowest BCUT2D eigenvalue weighted by molar-refractivity contribution is 0.476. The van der Waals surface area contributed by atoms with Gasteiger partial charge in [0.1, 0.15) is 11.4 Å². The van der Waals surface area contributed by atoms with E-state index in [0.717, 1.165) is 11.1 Å². The molecule has 0 saturated carbocycles. The molecule has 0 fully saturated rings. The molecule has 5 heteroatoms. The molecule has 0 bridgehead atoms. The molecule has 1 N–H and O–H groups in total. The first-order valence-corrected chi connectivity index (χ1v) is 6.90. The summed E-state index contributed by atoms with van der Waals surface area (Å²) in [4.78, 5) is 4.02. The number of aromatic nitrogens is 1. The lowest BCUT2D eigenvalue weighted by atomic mass is 10.1. The second-order valence-corrected chi connectivity index (χ2v) is 4.96. The Bertz CT molecular complexity index is 724. The Kier molecular flexibility index (Phi) is 3.52. The third kappa shape index (κ3) is 2.73. The number of rotatable bonds is 3. The van der Waals surface area contributed by atoms with Gasteiger partial charge in [-0.3, -0.25) is 0 Å². The molecule has 2 aromatic carbocycles. The Balaban J connectivity index is 1.95. The SMILES string of the molecule is Oc1ccc(-c2ccccc2)cc1N=Nc1nccs1. The van der Waals surface area contributed by atoms with Gasteiger partial charge in [-0.1, -0.05) is 36.4 Å². The van der Waals surface area contributed by atoms with Gasteiger partial charge in [0.15, 0.2) is 0 Å². The first-order chi connectivity index (χ1) is 9.83. The molecule has 4 nitrogen and oxygen atoms in total. The fourth-order valence-corrected chi connectivity index (χ4v) is 2.23. The minimum atomic E-state index is 0.102. The van der Waals surface area contributed by atoms with E-state index in [2.05, 4.69) is 15.2 Å². The molecule has 0 spiro atoms. The number of nitrogens with zero attached hydrogens (tertiary/aromatic N) is 3. The lowest BCUT2D eigenvalue weighted by Gasteiger charge is -2.03. The highest BCUT2D eigenvalue weighted by molar-refractivity contribution is 7.13. The summed E-state index contributed by atoms with van der Waals surface area (Å²) in [5, 5.41) is 20.3. The standard InChI is InChI=1S/C15H11N3OS/c19-14-7-6-12(11-4-2-1-3-5-11)10-13(14)17-18-15-16-8-9-20-15/h1-10,19H. The quantitative estimate of drug-likeness (QED) is 0.692. The van der Waals surface area contributed by atoms with Crippen LogP contribution >= 0.6 is 11.3 Å². The molecular formula is C15H11N3OS. The summed E-state index contributed by atoms with van der Waals surface area (Å²) in [6.45, 7) is 0. The molecule has 3 rings (SSSR count). The largest absolute Gasteiger partial charge is 0.506 e. The van der Waals surface area contributed by atoms with E-state index in [1.807, 2.05) is 47.8 Å². The molecular weight excluding hydrogens is 270 g/mol. The molecule has 0 radical (unpaired) electrons. The second kappa shape index (κ2) is 5.63. The highest BCUT2D eigenvalue weighted by Crippen LogP contribution is 2.33. The molecule has 20 heavy (non-hydrogen) atoms. The van der Waals surface area contributed by atoms with E-state index < -0.39 is 0 Å². The van der Waals surface area contributed by atoms with Gasteiger partial charge in [0, 0.05) is 11.6 Å². The number of hydrogen-bond acceptors (Lipinski definition) is 5. The Labute approximate surface area is 120 Å². The highest BCUT2D eigenvalue weighted by Gasteiger charge is 2.04. The van der Waals surface area contributed by atoms with E-state index in [9.17, 15) is 5.11 Å². The molecule has 98 valence electrons. The van der Waals surface area contributed by atoms with Crippen molar-refractivity contribution in [3.05, 3.63) is 60.1 Å². The molecule has 3 aromatic rings. The van der Waals surface area contributed by atoms with E-state index in [0.29, 0.717) is 10.8 Å². The Morgan fingerprint density at radius 1 is 0.950 bits per heavy atom. The van der Waals surface area contributed by atoms with Gasteiger partial charge >= 0.3 is 0 Å². The molecule has 0 aliphatic rings. The monoisotopic (exact) mass is 281 g/mol. The van der Waals surface area contributed by atoms with Gasteiger partial charge in [-0.2, -0.15) is 0 Å². The van der Waals surface area contributed by atoms with Crippen molar-refractivity contribution in [2.45, 2.75) is 0 Å². The van der Waals surface area contributed by atoms with Crippen LogP contribution in [0.5, 0.6) is 5.75 Å². The summed E-state index contributed by atoms with van der Waals surface area (Å²) in [7, 11) is 0. The first-order valence-electron chi connectivity index (χ1n) is 6.02. The third-order valence-electron chi connectivity index (χ3n) is 2.75. The maximum Gasteiger partial charge on any atom is 0.229 e. The van der Waals surface area contributed by atoms with Gasteiger partial charge in [0.25, 0.3) is 0 Å². The number of phenolic OH excluding ortho intramolecular Hbond substituents is 1. The fraction of sp³-hybridized carbons (Fsp3) is 0. The van der Waals surface area contributed by atoms with Crippen molar-refractivity contribution in [3.8, 4) is 16.9 Å². The normalized spacial score (nSPS) is 11.0. The van der Waals surface area contributed by atoms with Crippen LogP contribution in [0.2, 0.25) is 0 Å². The minimum absolute atomic E-state index is 0.102. The number of benzene rings is 2. The summed E-state index contributed by atoms with van der Waals surface area (Å²) >= 11 is 1.40. The number of thiazole rings is 1. The predicted octanol–water partition coefficient (Wildman–Crippen LogP) is 4.93. The van der Waals surface area contributed by atoms with Gasteiger partial charge < -0.3 is 5.11 Å². The summed E-state index contributed by atoms with van der Waals surface area (Å²) in [5.41, 5.74) is 2.48. The molecule has 0 amide bonds. The molecule has 1 aromatic heterocycles. The Hall–Kier alpha value is -2.53. The Morgan fingerprint density at radius 2 is 1.80 bits per heavy atom. The zero-order chi connectivity index (χ0) is 13.8. The Morgan fingerprint density at radius 3 is 2.55 bits per heavy atom.